The van der Waals surface area contributed by atoms with Crippen LogP contribution < -0.4 is 5.32 Å². The van der Waals surface area contributed by atoms with Gasteiger partial charge in [-0.3, -0.25) is 4.79 Å². The van der Waals surface area contributed by atoms with E-state index in [0.717, 1.165) is 38.9 Å². The summed E-state index contributed by atoms with van der Waals surface area (Å²) in [5.41, 5.74) is 3.05. The first-order valence-corrected chi connectivity index (χ1v) is 6.80. The maximum absolute atomic E-state index is 11.4. The molecule has 0 radical (unpaired) electrons. The molecule has 2 aliphatic heterocycles. The average molecular weight is 244 g/mol. The van der Waals surface area contributed by atoms with Gasteiger partial charge < -0.3 is 10.2 Å². The molecule has 3 heteroatoms. The Hall–Kier alpha value is -1.35. The molecule has 1 spiro atoms. The molecule has 3 rings (SSSR count). The summed E-state index contributed by atoms with van der Waals surface area (Å²) in [5.74, 6) is 0.203. The topological polar surface area (TPSA) is 32.3 Å². The molecule has 1 saturated heterocycles. The summed E-state index contributed by atoms with van der Waals surface area (Å²) in [7, 11) is 0. The summed E-state index contributed by atoms with van der Waals surface area (Å²) < 4.78 is 0. The van der Waals surface area contributed by atoms with Crippen molar-refractivity contribution in [2.24, 2.45) is 0 Å². The number of benzene rings is 1. The van der Waals surface area contributed by atoms with Crippen molar-refractivity contribution in [2.75, 3.05) is 19.6 Å². The van der Waals surface area contributed by atoms with Gasteiger partial charge in [0.25, 0.3) is 0 Å². The molecule has 0 saturated carbocycles. The molecule has 1 fully saturated rings. The van der Waals surface area contributed by atoms with Crippen LogP contribution in [0.15, 0.2) is 24.3 Å². The molecular weight excluding hydrogens is 224 g/mol. The highest BCUT2D eigenvalue weighted by Gasteiger charge is 2.39. The average Bonchev–Trinajstić information content (AvgIpc) is 2.40. The van der Waals surface area contributed by atoms with Gasteiger partial charge in [0, 0.05) is 32.1 Å². The first-order chi connectivity index (χ1) is 8.71. The van der Waals surface area contributed by atoms with E-state index in [4.69, 9.17) is 0 Å². The highest BCUT2D eigenvalue weighted by Crippen LogP contribution is 2.37. The van der Waals surface area contributed by atoms with Crippen molar-refractivity contribution in [1.29, 1.82) is 0 Å². The lowest BCUT2D eigenvalue weighted by Crippen LogP contribution is -2.54. The molecule has 0 aliphatic carbocycles. The van der Waals surface area contributed by atoms with Gasteiger partial charge in [-0.15, -0.1) is 0 Å². The minimum atomic E-state index is 0.112. The molecule has 0 atom stereocenters. The molecule has 1 N–H and O–H groups in total. The number of likely N-dealkylation sites (tertiary alicyclic amines) is 1. The second-order valence-electron chi connectivity index (χ2n) is 5.42. The van der Waals surface area contributed by atoms with Crippen LogP contribution >= 0.6 is 0 Å². The summed E-state index contributed by atoms with van der Waals surface area (Å²) >= 11 is 0. The third kappa shape index (κ3) is 1.83. The van der Waals surface area contributed by atoms with Crippen LogP contribution in [0.5, 0.6) is 0 Å². The molecule has 18 heavy (non-hydrogen) atoms. The van der Waals surface area contributed by atoms with Gasteiger partial charge in [0.2, 0.25) is 5.91 Å². The summed E-state index contributed by atoms with van der Waals surface area (Å²) in [6, 6.07) is 8.76. The van der Waals surface area contributed by atoms with Crippen LogP contribution in [0.2, 0.25) is 0 Å². The normalized spacial score (nSPS) is 21.7. The van der Waals surface area contributed by atoms with E-state index in [0.29, 0.717) is 0 Å². The van der Waals surface area contributed by atoms with Crippen molar-refractivity contribution in [3.8, 4) is 0 Å². The Kier molecular flexibility index (Phi) is 2.86. The second-order valence-corrected chi connectivity index (χ2v) is 5.42. The van der Waals surface area contributed by atoms with E-state index in [1.807, 2.05) is 4.90 Å². The van der Waals surface area contributed by atoms with Gasteiger partial charge in [-0.25, -0.2) is 0 Å². The quantitative estimate of drug-likeness (QED) is 0.753. The van der Waals surface area contributed by atoms with Crippen molar-refractivity contribution in [3.05, 3.63) is 35.4 Å². The number of hydrogen-bond acceptors (Lipinski definition) is 2. The predicted molar refractivity (Wildman–Crippen MR) is 71.3 cm³/mol. The lowest BCUT2D eigenvalue weighted by Gasteiger charge is -2.46. The van der Waals surface area contributed by atoms with Crippen molar-refractivity contribution in [1.82, 2.24) is 10.2 Å². The van der Waals surface area contributed by atoms with E-state index in [2.05, 4.69) is 29.6 Å². The summed E-state index contributed by atoms with van der Waals surface area (Å²) in [6.07, 6.45) is 3.18. The van der Waals surface area contributed by atoms with Gasteiger partial charge in [-0.1, -0.05) is 24.3 Å². The van der Waals surface area contributed by atoms with Crippen LogP contribution in [0.25, 0.3) is 0 Å². The first-order valence-electron chi connectivity index (χ1n) is 6.80. The zero-order valence-corrected chi connectivity index (χ0v) is 10.9. The molecule has 2 aliphatic rings. The number of carbonyl (C=O) groups excluding carboxylic acids is 1. The smallest absolute Gasteiger partial charge is 0.219 e. The fraction of sp³-hybridized carbons (Fsp3) is 0.533. The van der Waals surface area contributed by atoms with E-state index in [1.54, 1.807) is 6.92 Å². The molecule has 0 unspecified atom stereocenters. The predicted octanol–water partition coefficient (Wildman–Crippen LogP) is 1.67. The van der Waals surface area contributed by atoms with E-state index in [1.165, 1.54) is 11.1 Å². The standard InChI is InChI=1S/C15H20N2O/c1-12(18)17-10-7-15(8-11-17)14-5-3-2-4-13(14)6-9-16-15/h2-5,16H,6-11H2,1H3. The van der Waals surface area contributed by atoms with Gasteiger partial charge in [0.15, 0.2) is 0 Å². The SMILES string of the molecule is CC(=O)N1CCC2(CC1)NCCc1ccccc12. The number of carbonyl (C=O) groups is 1. The second kappa shape index (κ2) is 4.39. The van der Waals surface area contributed by atoms with E-state index >= 15 is 0 Å². The van der Waals surface area contributed by atoms with E-state index in [-0.39, 0.29) is 11.4 Å². The lowest BCUT2D eigenvalue weighted by atomic mass is 9.76. The van der Waals surface area contributed by atoms with Crippen molar-refractivity contribution in [2.45, 2.75) is 31.7 Å². The highest BCUT2D eigenvalue weighted by atomic mass is 16.2. The Morgan fingerprint density at radius 2 is 2.00 bits per heavy atom. The zero-order valence-electron chi connectivity index (χ0n) is 10.9. The Bertz CT molecular complexity index is 461. The van der Waals surface area contributed by atoms with Gasteiger partial charge in [-0.05, 0) is 30.4 Å². The van der Waals surface area contributed by atoms with Crippen LogP contribution in [0.4, 0.5) is 0 Å². The highest BCUT2D eigenvalue weighted by molar-refractivity contribution is 5.73. The Balaban J connectivity index is 1.88. The van der Waals surface area contributed by atoms with Gasteiger partial charge in [0.1, 0.15) is 0 Å². The fourth-order valence-electron chi connectivity index (χ4n) is 3.39. The maximum atomic E-state index is 11.4. The summed E-state index contributed by atoms with van der Waals surface area (Å²) in [4.78, 5) is 13.4. The van der Waals surface area contributed by atoms with Crippen LogP contribution in [0.3, 0.4) is 0 Å². The molecular formula is C15H20N2O. The number of nitrogens with one attached hydrogen (secondary N) is 1. The van der Waals surface area contributed by atoms with Crippen molar-refractivity contribution < 1.29 is 4.79 Å². The molecule has 1 amide bonds. The molecule has 0 bridgehead atoms. The summed E-state index contributed by atoms with van der Waals surface area (Å²) in [5, 5.41) is 3.71. The Morgan fingerprint density at radius 3 is 2.72 bits per heavy atom. The molecule has 1 aromatic carbocycles. The van der Waals surface area contributed by atoms with Crippen molar-refractivity contribution in [3.63, 3.8) is 0 Å². The zero-order chi connectivity index (χ0) is 12.6. The number of nitrogens with zero attached hydrogens (tertiary/aromatic N) is 1. The monoisotopic (exact) mass is 244 g/mol. The lowest BCUT2D eigenvalue weighted by molar-refractivity contribution is -0.130. The number of piperidine rings is 1. The van der Waals surface area contributed by atoms with Crippen LogP contribution in [-0.2, 0) is 16.8 Å². The van der Waals surface area contributed by atoms with Crippen LogP contribution in [0, 0.1) is 0 Å². The van der Waals surface area contributed by atoms with Crippen LogP contribution in [0.1, 0.15) is 30.9 Å². The molecule has 3 nitrogen and oxygen atoms in total. The number of rotatable bonds is 0. The fourth-order valence-corrected chi connectivity index (χ4v) is 3.39. The molecule has 1 aromatic rings. The first kappa shape index (κ1) is 11.7. The van der Waals surface area contributed by atoms with Crippen molar-refractivity contribution >= 4 is 5.91 Å². The number of fused-ring (bicyclic) bond motifs is 2. The largest absolute Gasteiger partial charge is 0.343 e. The third-order valence-corrected chi connectivity index (χ3v) is 4.45. The van der Waals surface area contributed by atoms with Crippen LogP contribution in [-0.4, -0.2) is 30.4 Å². The molecule has 96 valence electrons. The van der Waals surface area contributed by atoms with Gasteiger partial charge in [0.05, 0.1) is 0 Å². The minimum absolute atomic E-state index is 0.112. The number of amides is 1. The molecule has 2 heterocycles. The number of hydrogen-bond donors (Lipinski definition) is 1. The van der Waals surface area contributed by atoms with E-state index in [9.17, 15) is 4.79 Å². The third-order valence-electron chi connectivity index (χ3n) is 4.45. The summed E-state index contributed by atoms with van der Waals surface area (Å²) in [6.45, 7) is 4.46. The Labute approximate surface area is 108 Å². The van der Waals surface area contributed by atoms with Gasteiger partial charge in [-0.2, -0.15) is 0 Å². The molecule has 0 aromatic heterocycles. The van der Waals surface area contributed by atoms with Gasteiger partial charge >= 0.3 is 0 Å². The van der Waals surface area contributed by atoms with E-state index < -0.39 is 0 Å². The maximum Gasteiger partial charge on any atom is 0.219 e. The Morgan fingerprint density at radius 1 is 1.28 bits per heavy atom. The minimum Gasteiger partial charge on any atom is -0.343 e.